The van der Waals surface area contributed by atoms with Gasteiger partial charge in [-0.05, 0) is 38.5 Å². The van der Waals surface area contributed by atoms with Gasteiger partial charge < -0.3 is 15.2 Å². The Bertz CT molecular complexity index is 795. The van der Waals surface area contributed by atoms with E-state index in [2.05, 4.69) is 10.4 Å². The van der Waals surface area contributed by atoms with E-state index in [0.29, 0.717) is 22.6 Å². The van der Waals surface area contributed by atoms with Gasteiger partial charge in [-0.15, -0.1) is 0 Å². The molecule has 1 unspecified atom stereocenters. The highest BCUT2D eigenvalue weighted by atomic mass is 16.5. The van der Waals surface area contributed by atoms with Gasteiger partial charge in [0.25, 0.3) is 5.91 Å². The van der Waals surface area contributed by atoms with Crippen molar-refractivity contribution in [2.24, 2.45) is 0 Å². The molecule has 2 heterocycles. The lowest BCUT2D eigenvalue weighted by Crippen LogP contribution is -2.34. The number of fused-ring (bicyclic) bond motifs is 1. The van der Waals surface area contributed by atoms with Gasteiger partial charge >= 0.3 is 5.97 Å². The number of aromatic carboxylic acids is 1. The van der Waals surface area contributed by atoms with Crippen LogP contribution in [0.1, 0.15) is 37.3 Å². The van der Waals surface area contributed by atoms with Gasteiger partial charge in [0, 0.05) is 17.8 Å². The van der Waals surface area contributed by atoms with Crippen molar-refractivity contribution in [3.8, 4) is 16.9 Å². The first kappa shape index (κ1) is 15.1. The van der Waals surface area contributed by atoms with Crippen molar-refractivity contribution in [1.29, 1.82) is 0 Å². The summed E-state index contributed by atoms with van der Waals surface area (Å²) in [7, 11) is 0. The molecule has 1 atom stereocenters. The maximum atomic E-state index is 11.7. The first-order valence-corrected chi connectivity index (χ1v) is 7.31. The molecule has 1 aromatic heterocycles. The number of hydrogen-bond acceptors (Lipinski definition) is 4. The van der Waals surface area contributed by atoms with Crippen LogP contribution in [0.3, 0.4) is 0 Å². The number of aromatic nitrogens is 2. The van der Waals surface area contributed by atoms with Gasteiger partial charge in [0.2, 0.25) is 0 Å². The van der Waals surface area contributed by atoms with Crippen LogP contribution in [0.4, 0.5) is 5.69 Å². The van der Waals surface area contributed by atoms with Crippen molar-refractivity contribution in [3.05, 3.63) is 30.1 Å². The molecule has 0 radical (unpaired) electrons. The second-order valence-corrected chi connectivity index (χ2v) is 5.73. The smallest absolute Gasteiger partial charge is 0.357 e. The number of anilines is 1. The summed E-state index contributed by atoms with van der Waals surface area (Å²) in [5.74, 6) is -0.758. The molecule has 2 N–H and O–H groups in total. The average Bonchev–Trinajstić information content (AvgIpc) is 2.93. The average molecular weight is 315 g/mol. The summed E-state index contributed by atoms with van der Waals surface area (Å²) in [6, 6.07) is 5.23. The summed E-state index contributed by atoms with van der Waals surface area (Å²) in [5.41, 5.74) is 1.67. The van der Waals surface area contributed by atoms with Crippen molar-refractivity contribution in [3.63, 3.8) is 0 Å². The minimum Gasteiger partial charge on any atom is -0.479 e. The zero-order valence-electron chi connectivity index (χ0n) is 13.0. The third-order valence-electron chi connectivity index (χ3n) is 3.69. The molecule has 0 bridgehead atoms. The van der Waals surface area contributed by atoms with E-state index in [9.17, 15) is 14.7 Å². The number of carbonyl (C=O) groups is 2. The van der Waals surface area contributed by atoms with Crippen molar-refractivity contribution >= 4 is 17.6 Å². The van der Waals surface area contributed by atoms with E-state index in [1.54, 1.807) is 36.0 Å². The fraction of sp³-hybridized carbons (Fsp3) is 0.312. The zero-order chi connectivity index (χ0) is 16.7. The van der Waals surface area contributed by atoms with E-state index in [-0.39, 0.29) is 17.6 Å². The Hall–Kier alpha value is -2.83. The largest absolute Gasteiger partial charge is 0.479 e. The van der Waals surface area contributed by atoms with E-state index in [4.69, 9.17) is 4.74 Å². The predicted octanol–water partition coefficient (Wildman–Crippen LogP) is 2.55. The number of nitrogens with one attached hydrogen (secondary N) is 1. The molecule has 7 nitrogen and oxygen atoms in total. The molecule has 1 amide bonds. The van der Waals surface area contributed by atoms with E-state index in [0.717, 1.165) is 0 Å². The van der Waals surface area contributed by atoms with E-state index in [1.807, 2.05) is 13.8 Å². The summed E-state index contributed by atoms with van der Waals surface area (Å²) in [6.45, 7) is 5.51. The number of carboxylic acid groups (broad SMARTS) is 1. The molecule has 2 aromatic rings. The monoisotopic (exact) mass is 315 g/mol. The Labute approximate surface area is 132 Å². The third-order valence-corrected chi connectivity index (χ3v) is 3.69. The number of amides is 1. The normalized spacial score (nSPS) is 16.7. The highest BCUT2D eigenvalue weighted by molar-refractivity contribution is 5.99. The molecule has 1 aliphatic heterocycles. The fourth-order valence-electron chi connectivity index (χ4n) is 2.40. The summed E-state index contributed by atoms with van der Waals surface area (Å²) in [6.07, 6.45) is 1.15. The number of carbonyl (C=O) groups excluding carboxylic acids is 1. The summed E-state index contributed by atoms with van der Waals surface area (Å²) < 4.78 is 7.11. The van der Waals surface area contributed by atoms with Crippen LogP contribution >= 0.6 is 0 Å². The predicted molar refractivity (Wildman–Crippen MR) is 83.7 cm³/mol. The molecule has 23 heavy (non-hydrogen) atoms. The van der Waals surface area contributed by atoms with Gasteiger partial charge in [0.05, 0.1) is 5.69 Å². The van der Waals surface area contributed by atoms with Gasteiger partial charge in [-0.3, -0.25) is 9.48 Å². The van der Waals surface area contributed by atoms with Crippen LogP contribution < -0.4 is 10.1 Å². The fourth-order valence-corrected chi connectivity index (χ4v) is 2.40. The Balaban J connectivity index is 2.08. The van der Waals surface area contributed by atoms with Crippen LogP contribution in [0.25, 0.3) is 11.1 Å². The highest BCUT2D eigenvalue weighted by Gasteiger charge is 2.25. The molecule has 120 valence electrons. The van der Waals surface area contributed by atoms with Gasteiger partial charge in [-0.25, -0.2) is 4.79 Å². The van der Waals surface area contributed by atoms with Gasteiger partial charge in [0.1, 0.15) is 5.75 Å². The number of ether oxygens (including phenoxy) is 1. The topological polar surface area (TPSA) is 93.5 Å². The third kappa shape index (κ3) is 2.65. The minimum absolute atomic E-state index is 0.0185. The Kier molecular flexibility index (Phi) is 3.55. The highest BCUT2D eigenvalue weighted by Crippen LogP contribution is 2.35. The molecule has 3 rings (SSSR count). The first-order chi connectivity index (χ1) is 10.9. The standard InChI is InChI=1S/C16H17N3O4/c1-8(2)19-7-11(14(18-19)16(21)22)10-4-5-13-12(6-10)17-15(20)9(3)23-13/h4-9H,1-3H3,(H,17,20)(H,21,22). The SMILES string of the molecule is CC1Oc2ccc(-c3cn(C(C)C)nc3C(=O)O)cc2NC1=O. The molecule has 0 fully saturated rings. The molecule has 7 heteroatoms. The summed E-state index contributed by atoms with van der Waals surface area (Å²) >= 11 is 0. The van der Waals surface area contributed by atoms with Crippen LogP contribution in [0.15, 0.2) is 24.4 Å². The number of hydrogen-bond donors (Lipinski definition) is 2. The molecule has 0 aliphatic carbocycles. The van der Waals surface area contributed by atoms with Gasteiger partial charge in [-0.2, -0.15) is 5.10 Å². The zero-order valence-corrected chi connectivity index (χ0v) is 13.0. The second kappa shape index (κ2) is 5.42. The molecule has 1 aliphatic rings. The number of nitrogens with zero attached hydrogens (tertiary/aromatic N) is 2. The van der Waals surface area contributed by atoms with E-state index in [1.165, 1.54) is 0 Å². The van der Waals surface area contributed by atoms with E-state index < -0.39 is 12.1 Å². The lowest BCUT2D eigenvalue weighted by molar-refractivity contribution is -0.122. The second-order valence-electron chi connectivity index (χ2n) is 5.73. The maximum absolute atomic E-state index is 11.7. The van der Waals surface area contributed by atoms with Gasteiger partial charge in [-0.1, -0.05) is 6.07 Å². The van der Waals surface area contributed by atoms with Crippen LogP contribution in [-0.2, 0) is 4.79 Å². The molecule has 0 saturated heterocycles. The van der Waals surface area contributed by atoms with E-state index >= 15 is 0 Å². The van der Waals surface area contributed by atoms with Crippen LogP contribution in [0.2, 0.25) is 0 Å². The lowest BCUT2D eigenvalue weighted by Gasteiger charge is -2.23. The minimum atomic E-state index is -1.09. The molecule has 1 aromatic carbocycles. The Morgan fingerprint density at radius 3 is 2.83 bits per heavy atom. The number of rotatable bonds is 3. The summed E-state index contributed by atoms with van der Waals surface area (Å²) in [4.78, 5) is 23.2. The Morgan fingerprint density at radius 2 is 2.17 bits per heavy atom. The maximum Gasteiger partial charge on any atom is 0.357 e. The molecular weight excluding hydrogens is 298 g/mol. The van der Waals surface area contributed by atoms with Crippen molar-refractivity contribution in [2.75, 3.05) is 5.32 Å². The molecular formula is C16H17N3O4. The number of benzene rings is 1. The Morgan fingerprint density at radius 1 is 1.43 bits per heavy atom. The lowest BCUT2D eigenvalue weighted by atomic mass is 10.0. The molecule has 0 spiro atoms. The number of carboxylic acids is 1. The summed E-state index contributed by atoms with van der Waals surface area (Å²) in [5, 5.41) is 16.2. The molecule has 0 saturated carbocycles. The van der Waals surface area contributed by atoms with Crippen LogP contribution in [0.5, 0.6) is 5.75 Å². The van der Waals surface area contributed by atoms with Crippen molar-refractivity contribution < 1.29 is 19.4 Å². The van der Waals surface area contributed by atoms with Crippen LogP contribution in [-0.4, -0.2) is 32.9 Å². The van der Waals surface area contributed by atoms with Crippen LogP contribution in [0, 0.1) is 0 Å². The van der Waals surface area contributed by atoms with Gasteiger partial charge in [0.15, 0.2) is 11.8 Å². The van der Waals surface area contributed by atoms with Crippen molar-refractivity contribution in [1.82, 2.24) is 9.78 Å². The van der Waals surface area contributed by atoms with Crippen molar-refractivity contribution in [2.45, 2.75) is 32.9 Å². The first-order valence-electron chi connectivity index (χ1n) is 7.31. The quantitative estimate of drug-likeness (QED) is 0.908.